The maximum Gasteiger partial charge on any atom is 0.222 e. The predicted octanol–water partition coefficient (Wildman–Crippen LogP) is 2.36. The number of carbonyl (C=O) groups is 1. The molecular weight excluding hydrogens is 264 g/mol. The molecular formula is C17H26N2O2. The van der Waals surface area contributed by atoms with Crippen LogP contribution in [-0.2, 0) is 4.79 Å². The first-order valence-corrected chi connectivity index (χ1v) is 7.83. The number of likely N-dealkylation sites (N-methyl/N-ethyl adjacent to an activating group) is 1. The summed E-state index contributed by atoms with van der Waals surface area (Å²) in [5.41, 5.74) is 1.19. The van der Waals surface area contributed by atoms with Gasteiger partial charge in [-0.25, -0.2) is 0 Å². The molecule has 1 fully saturated rings. The molecule has 0 spiro atoms. The Morgan fingerprint density at radius 3 is 3.10 bits per heavy atom. The van der Waals surface area contributed by atoms with Crippen LogP contribution in [0.2, 0.25) is 0 Å². The second-order valence-corrected chi connectivity index (χ2v) is 5.74. The van der Waals surface area contributed by atoms with Gasteiger partial charge in [-0.2, -0.15) is 0 Å². The van der Waals surface area contributed by atoms with Crippen molar-refractivity contribution in [3.63, 3.8) is 0 Å². The van der Waals surface area contributed by atoms with Gasteiger partial charge in [-0.05, 0) is 50.9 Å². The number of carbonyl (C=O) groups excluding carboxylic acids is 1. The molecule has 1 aliphatic rings. The number of aryl methyl sites for hydroxylation is 1. The van der Waals surface area contributed by atoms with Crippen molar-refractivity contribution in [2.24, 2.45) is 0 Å². The van der Waals surface area contributed by atoms with Gasteiger partial charge in [0.15, 0.2) is 0 Å². The summed E-state index contributed by atoms with van der Waals surface area (Å²) < 4.78 is 5.68. The Hall–Kier alpha value is -1.55. The second kappa shape index (κ2) is 8.03. The Morgan fingerprint density at radius 2 is 2.33 bits per heavy atom. The van der Waals surface area contributed by atoms with Gasteiger partial charge in [0.25, 0.3) is 0 Å². The van der Waals surface area contributed by atoms with E-state index in [4.69, 9.17) is 4.74 Å². The van der Waals surface area contributed by atoms with Gasteiger partial charge in [-0.15, -0.1) is 0 Å². The fourth-order valence-corrected chi connectivity index (χ4v) is 2.72. The molecule has 1 atom stereocenters. The number of nitrogens with zero attached hydrogens (tertiary/aromatic N) is 1. The van der Waals surface area contributed by atoms with E-state index in [0.29, 0.717) is 19.1 Å². The summed E-state index contributed by atoms with van der Waals surface area (Å²) in [7, 11) is 1.97. The molecule has 1 amide bonds. The lowest BCUT2D eigenvalue weighted by atomic mass is 10.1. The van der Waals surface area contributed by atoms with Crippen LogP contribution >= 0.6 is 0 Å². The number of benzene rings is 1. The van der Waals surface area contributed by atoms with Crippen molar-refractivity contribution in [3.8, 4) is 5.75 Å². The number of likely N-dealkylation sites (tertiary alicyclic amines) is 1. The molecule has 1 heterocycles. The Kier molecular flexibility index (Phi) is 6.05. The quantitative estimate of drug-likeness (QED) is 0.818. The number of ether oxygens (including phenoxy) is 1. The van der Waals surface area contributed by atoms with Crippen LogP contribution in [0.1, 0.15) is 31.2 Å². The van der Waals surface area contributed by atoms with Crippen LogP contribution in [-0.4, -0.2) is 43.6 Å². The molecule has 2 rings (SSSR count). The van der Waals surface area contributed by atoms with E-state index in [1.165, 1.54) is 5.56 Å². The summed E-state index contributed by atoms with van der Waals surface area (Å²) in [6, 6.07) is 8.46. The predicted molar refractivity (Wildman–Crippen MR) is 84.6 cm³/mol. The van der Waals surface area contributed by atoms with Crippen molar-refractivity contribution in [2.45, 2.75) is 38.6 Å². The topological polar surface area (TPSA) is 41.6 Å². The van der Waals surface area contributed by atoms with Crippen LogP contribution in [0.5, 0.6) is 5.75 Å². The van der Waals surface area contributed by atoms with Crippen molar-refractivity contribution in [3.05, 3.63) is 29.8 Å². The highest BCUT2D eigenvalue weighted by Crippen LogP contribution is 2.14. The van der Waals surface area contributed by atoms with Gasteiger partial charge in [0.2, 0.25) is 5.91 Å². The molecule has 0 radical (unpaired) electrons. The van der Waals surface area contributed by atoms with Gasteiger partial charge in [-0.3, -0.25) is 4.79 Å². The molecule has 1 aromatic carbocycles. The van der Waals surface area contributed by atoms with Crippen molar-refractivity contribution >= 4 is 5.91 Å². The molecule has 1 saturated heterocycles. The van der Waals surface area contributed by atoms with E-state index in [2.05, 4.69) is 5.32 Å². The SMILES string of the molecule is CNC1CCCN(C(=O)CCCOc2cccc(C)c2)C1. The van der Waals surface area contributed by atoms with Crippen LogP contribution in [0.25, 0.3) is 0 Å². The molecule has 0 aromatic heterocycles. The Morgan fingerprint density at radius 1 is 1.48 bits per heavy atom. The molecule has 0 saturated carbocycles. The summed E-state index contributed by atoms with van der Waals surface area (Å²) >= 11 is 0. The summed E-state index contributed by atoms with van der Waals surface area (Å²) in [6.07, 6.45) is 3.60. The lowest BCUT2D eigenvalue weighted by Crippen LogP contribution is -2.46. The molecule has 116 valence electrons. The van der Waals surface area contributed by atoms with E-state index in [-0.39, 0.29) is 5.91 Å². The van der Waals surface area contributed by atoms with Gasteiger partial charge in [0, 0.05) is 25.6 Å². The zero-order valence-electron chi connectivity index (χ0n) is 13.1. The lowest BCUT2D eigenvalue weighted by molar-refractivity contribution is -0.132. The second-order valence-electron chi connectivity index (χ2n) is 5.74. The highest BCUT2D eigenvalue weighted by molar-refractivity contribution is 5.76. The fourth-order valence-electron chi connectivity index (χ4n) is 2.72. The number of piperidine rings is 1. The highest BCUT2D eigenvalue weighted by atomic mass is 16.5. The molecule has 1 aromatic rings. The largest absolute Gasteiger partial charge is 0.494 e. The third-order valence-electron chi connectivity index (χ3n) is 3.98. The fraction of sp³-hybridized carbons (Fsp3) is 0.588. The normalized spacial score (nSPS) is 18.6. The van der Waals surface area contributed by atoms with E-state index in [1.807, 2.05) is 43.1 Å². The Labute approximate surface area is 127 Å². The highest BCUT2D eigenvalue weighted by Gasteiger charge is 2.21. The van der Waals surface area contributed by atoms with Crippen LogP contribution in [0.4, 0.5) is 0 Å². The monoisotopic (exact) mass is 290 g/mol. The first kappa shape index (κ1) is 15.8. The van der Waals surface area contributed by atoms with Gasteiger partial charge in [0.1, 0.15) is 5.75 Å². The molecule has 0 bridgehead atoms. The van der Waals surface area contributed by atoms with Crippen LogP contribution in [0.3, 0.4) is 0 Å². The van der Waals surface area contributed by atoms with Gasteiger partial charge in [-0.1, -0.05) is 12.1 Å². The molecule has 1 N–H and O–H groups in total. The summed E-state index contributed by atoms with van der Waals surface area (Å²) in [4.78, 5) is 14.2. The number of rotatable bonds is 6. The van der Waals surface area contributed by atoms with E-state index in [9.17, 15) is 4.79 Å². The van der Waals surface area contributed by atoms with Crippen molar-refractivity contribution in [1.29, 1.82) is 0 Å². The van der Waals surface area contributed by atoms with Gasteiger partial charge >= 0.3 is 0 Å². The van der Waals surface area contributed by atoms with Crippen molar-refractivity contribution < 1.29 is 9.53 Å². The molecule has 4 heteroatoms. The Bertz CT molecular complexity index is 462. The molecule has 0 aliphatic carbocycles. The minimum Gasteiger partial charge on any atom is -0.494 e. The first-order chi connectivity index (χ1) is 10.2. The maximum atomic E-state index is 12.2. The number of hydrogen-bond donors (Lipinski definition) is 1. The standard InChI is InChI=1S/C17H26N2O2/c1-14-6-3-8-16(12-14)21-11-5-9-17(20)19-10-4-7-15(13-19)18-2/h3,6,8,12,15,18H,4-5,7,9-11,13H2,1-2H3. The number of amides is 1. The van der Waals surface area contributed by atoms with E-state index in [1.54, 1.807) is 0 Å². The maximum absolute atomic E-state index is 12.2. The third kappa shape index (κ3) is 5.05. The average molecular weight is 290 g/mol. The van der Waals surface area contributed by atoms with Crippen molar-refractivity contribution in [2.75, 3.05) is 26.7 Å². The summed E-state index contributed by atoms with van der Waals surface area (Å²) in [6.45, 7) is 4.38. The smallest absolute Gasteiger partial charge is 0.222 e. The zero-order chi connectivity index (χ0) is 15.1. The van der Waals surface area contributed by atoms with Crippen LogP contribution in [0, 0.1) is 6.92 Å². The molecule has 21 heavy (non-hydrogen) atoms. The number of nitrogens with one attached hydrogen (secondary N) is 1. The lowest BCUT2D eigenvalue weighted by Gasteiger charge is -2.32. The van der Waals surface area contributed by atoms with E-state index in [0.717, 1.165) is 38.1 Å². The molecule has 4 nitrogen and oxygen atoms in total. The minimum atomic E-state index is 0.253. The van der Waals surface area contributed by atoms with Crippen molar-refractivity contribution in [1.82, 2.24) is 10.2 Å². The van der Waals surface area contributed by atoms with Gasteiger partial charge < -0.3 is 15.0 Å². The third-order valence-corrected chi connectivity index (χ3v) is 3.98. The zero-order valence-corrected chi connectivity index (χ0v) is 13.1. The minimum absolute atomic E-state index is 0.253. The molecule has 1 aliphatic heterocycles. The van der Waals surface area contributed by atoms with E-state index < -0.39 is 0 Å². The van der Waals surface area contributed by atoms with Crippen LogP contribution < -0.4 is 10.1 Å². The first-order valence-electron chi connectivity index (χ1n) is 7.83. The van der Waals surface area contributed by atoms with Crippen LogP contribution in [0.15, 0.2) is 24.3 Å². The summed E-state index contributed by atoms with van der Waals surface area (Å²) in [5.74, 6) is 1.14. The van der Waals surface area contributed by atoms with Gasteiger partial charge in [0.05, 0.1) is 6.61 Å². The Balaban J connectivity index is 1.67. The van der Waals surface area contributed by atoms with E-state index >= 15 is 0 Å². The molecule has 1 unspecified atom stereocenters. The average Bonchev–Trinajstić information content (AvgIpc) is 2.51. The summed E-state index contributed by atoms with van der Waals surface area (Å²) in [5, 5.41) is 3.26. The number of hydrogen-bond acceptors (Lipinski definition) is 3.